The minimum Gasteiger partial charge on any atom is -0.240 e. The molecule has 0 fully saturated rings. The molecule has 0 saturated carbocycles. The summed E-state index contributed by atoms with van der Waals surface area (Å²) in [5.74, 6) is 0. The van der Waals surface area contributed by atoms with Crippen LogP contribution < -0.4 is 0 Å². The zero-order valence-corrected chi connectivity index (χ0v) is 7.94. The first kappa shape index (κ1) is 8.79. The Labute approximate surface area is 86.2 Å². The van der Waals surface area contributed by atoms with Gasteiger partial charge in [-0.1, -0.05) is 11.6 Å². The van der Waals surface area contributed by atoms with Gasteiger partial charge in [0.2, 0.25) is 0 Å². The van der Waals surface area contributed by atoms with Gasteiger partial charge in [-0.3, -0.25) is 0 Å². The van der Waals surface area contributed by atoms with Crippen LogP contribution in [-0.4, -0.2) is 9.78 Å². The highest BCUT2D eigenvalue weighted by Crippen LogP contribution is 2.12. The van der Waals surface area contributed by atoms with Crippen molar-refractivity contribution in [1.29, 1.82) is 5.26 Å². The molecule has 0 aliphatic carbocycles. The molecule has 14 heavy (non-hydrogen) atoms. The summed E-state index contributed by atoms with van der Waals surface area (Å²) in [5, 5.41) is 13.3. The van der Waals surface area contributed by atoms with Crippen molar-refractivity contribution in [2.75, 3.05) is 0 Å². The molecule has 0 bridgehead atoms. The Morgan fingerprint density at radius 1 is 1.21 bits per heavy atom. The summed E-state index contributed by atoms with van der Waals surface area (Å²) in [6, 6.07) is 10.9. The van der Waals surface area contributed by atoms with Crippen LogP contribution in [0.4, 0.5) is 0 Å². The third-order valence-electron chi connectivity index (χ3n) is 1.79. The second-order valence-electron chi connectivity index (χ2n) is 2.73. The summed E-state index contributed by atoms with van der Waals surface area (Å²) >= 11 is 5.75. The quantitative estimate of drug-likeness (QED) is 0.714. The summed E-state index contributed by atoms with van der Waals surface area (Å²) in [7, 11) is 0. The molecule has 1 aromatic heterocycles. The van der Waals surface area contributed by atoms with Crippen LogP contribution in [0.3, 0.4) is 0 Å². The van der Waals surface area contributed by atoms with Gasteiger partial charge in [-0.2, -0.15) is 10.4 Å². The van der Waals surface area contributed by atoms with E-state index in [1.165, 1.54) is 0 Å². The van der Waals surface area contributed by atoms with E-state index < -0.39 is 0 Å². The molecular formula is C10H6ClN3. The Bertz CT molecular complexity index is 479. The van der Waals surface area contributed by atoms with Crippen LogP contribution >= 0.6 is 11.6 Å². The largest absolute Gasteiger partial charge is 0.240 e. The molecular weight excluding hydrogens is 198 g/mol. The Kier molecular flexibility index (Phi) is 2.21. The minimum atomic E-state index is 0.403. The van der Waals surface area contributed by atoms with Gasteiger partial charge in [0.25, 0.3) is 0 Å². The highest BCUT2D eigenvalue weighted by molar-refractivity contribution is 6.30. The molecule has 4 heteroatoms. The first-order valence-electron chi connectivity index (χ1n) is 4.01. The number of hydrogen-bond acceptors (Lipinski definition) is 2. The van der Waals surface area contributed by atoms with Gasteiger partial charge in [0, 0.05) is 11.2 Å². The Hall–Kier alpha value is -1.79. The van der Waals surface area contributed by atoms with Gasteiger partial charge < -0.3 is 0 Å². The number of nitrogens with zero attached hydrogens (tertiary/aromatic N) is 3. The number of rotatable bonds is 1. The molecule has 0 spiro atoms. The van der Waals surface area contributed by atoms with E-state index in [-0.39, 0.29) is 0 Å². The molecule has 1 heterocycles. The number of hydrogen-bond donors (Lipinski definition) is 0. The molecule has 0 saturated heterocycles. The smallest absolute Gasteiger partial charge is 0.162 e. The van der Waals surface area contributed by atoms with Crippen LogP contribution in [0.15, 0.2) is 36.5 Å². The van der Waals surface area contributed by atoms with Crippen LogP contribution in [0.5, 0.6) is 0 Å². The fourth-order valence-electron chi connectivity index (χ4n) is 1.12. The van der Waals surface area contributed by atoms with E-state index in [1.807, 2.05) is 18.2 Å². The van der Waals surface area contributed by atoms with Crippen molar-refractivity contribution in [2.24, 2.45) is 0 Å². The van der Waals surface area contributed by atoms with E-state index in [4.69, 9.17) is 16.9 Å². The van der Waals surface area contributed by atoms with Gasteiger partial charge in [0.1, 0.15) is 6.07 Å². The zero-order valence-electron chi connectivity index (χ0n) is 7.18. The van der Waals surface area contributed by atoms with Crippen LogP contribution in [0, 0.1) is 11.3 Å². The van der Waals surface area contributed by atoms with Crippen molar-refractivity contribution in [1.82, 2.24) is 9.78 Å². The van der Waals surface area contributed by atoms with Crippen molar-refractivity contribution in [3.63, 3.8) is 0 Å². The van der Waals surface area contributed by atoms with Crippen LogP contribution in [0.25, 0.3) is 5.69 Å². The number of halogens is 1. The monoisotopic (exact) mass is 203 g/mol. The zero-order chi connectivity index (χ0) is 9.97. The second-order valence-corrected chi connectivity index (χ2v) is 3.17. The average molecular weight is 204 g/mol. The highest BCUT2D eigenvalue weighted by atomic mass is 35.5. The van der Waals surface area contributed by atoms with Gasteiger partial charge in [0.05, 0.1) is 5.69 Å². The summed E-state index contributed by atoms with van der Waals surface area (Å²) in [5.41, 5.74) is 1.29. The Balaban J connectivity index is 2.40. The molecule has 2 aromatic rings. The van der Waals surface area contributed by atoms with Crippen molar-refractivity contribution in [3.05, 3.63) is 47.2 Å². The van der Waals surface area contributed by atoms with Gasteiger partial charge in [-0.05, 0) is 30.3 Å². The SMILES string of the molecule is N#Cc1ccn(-c2ccc(Cl)cc2)n1. The highest BCUT2D eigenvalue weighted by Gasteiger charge is 1.99. The van der Waals surface area contributed by atoms with Gasteiger partial charge in [-0.25, -0.2) is 4.68 Å². The lowest BCUT2D eigenvalue weighted by Crippen LogP contribution is -1.94. The average Bonchev–Trinajstić information content (AvgIpc) is 2.67. The fourth-order valence-corrected chi connectivity index (χ4v) is 1.25. The first-order chi connectivity index (χ1) is 6.79. The molecule has 0 atom stereocenters. The fraction of sp³-hybridized carbons (Fsp3) is 0. The van der Waals surface area contributed by atoms with Gasteiger partial charge in [0.15, 0.2) is 5.69 Å². The first-order valence-corrected chi connectivity index (χ1v) is 4.39. The van der Waals surface area contributed by atoms with E-state index in [9.17, 15) is 0 Å². The molecule has 68 valence electrons. The molecule has 0 aliphatic heterocycles. The second kappa shape index (κ2) is 3.52. The molecule has 0 radical (unpaired) electrons. The molecule has 0 amide bonds. The molecule has 2 rings (SSSR count). The number of nitriles is 1. The number of aromatic nitrogens is 2. The third-order valence-corrected chi connectivity index (χ3v) is 2.05. The lowest BCUT2D eigenvalue weighted by molar-refractivity contribution is 0.873. The molecule has 1 aromatic carbocycles. The van der Waals surface area contributed by atoms with Crippen molar-refractivity contribution < 1.29 is 0 Å². The van der Waals surface area contributed by atoms with Crippen LogP contribution in [-0.2, 0) is 0 Å². The van der Waals surface area contributed by atoms with Crippen LogP contribution in [0.2, 0.25) is 5.02 Å². The Morgan fingerprint density at radius 2 is 1.93 bits per heavy atom. The lowest BCUT2D eigenvalue weighted by atomic mass is 10.3. The predicted octanol–water partition coefficient (Wildman–Crippen LogP) is 2.40. The minimum absolute atomic E-state index is 0.403. The Morgan fingerprint density at radius 3 is 2.50 bits per heavy atom. The standard InChI is InChI=1S/C10H6ClN3/c11-8-1-3-10(4-2-8)14-6-5-9(7-12)13-14/h1-6H. The van der Waals surface area contributed by atoms with Crippen molar-refractivity contribution >= 4 is 11.6 Å². The van der Waals surface area contributed by atoms with E-state index >= 15 is 0 Å². The maximum absolute atomic E-state index is 8.60. The molecule has 0 N–H and O–H groups in total. The van der Waals surface area contributed by atoms with Gasteiger partial charge >= 0.3 is 0 Å². The van der Waals surface area contributed by atoms with Gasteiger partial charge in [-0.15, -0.1) is 0 Å². The summed E-state index contributed by atoms with van der Waals surface area (Å²) in [6.07, 6.45) is 1.74. The lowest BCUT2D eigenvalue weighted by Gasteiger charge is -1.99. The summed E-state index contributed by atoms with van der Waals surface area (Å²) in [6.45, 7) is 0. The number of benzene rings is 1. The summed E-state index contributed by atoms with van der Waals surface area (Å²) < 4.78 is 1.63. The molecule has 0 aliphatic rings. The van der Waals surface area contributed by atoms with Crippen molar-refractivity contribution in [2.45, 2.75) is 0 Å². The maximum Gasteiger partial charge on any atom is 0.162 e. The maximum atomic E-state index is 8.60. The van der Waals surface area contributed by atoms with Crippen LogP contribution in [0.1, 0.15) is 5.69 Å². The molecule has 3 nitrogen and oxygen atoms in total. The topological polar surface area (TPSA) is 41.6 Å². The van der Waals surface area contributed by atoms with E-state index in [1.54, 1.807) is 29.1 Å². The normalized spacial score (nSPS) is 9.71. The van der Waals surface area contributed by atoms with E-state index in [2.05, 4.69) is 5.10 Å². The van der Waals surface area contributed by atoms with E-state index in [0.717, 1.165) is 5.69 Å². The van der Waals surface area contributed by atoms with E-state index in [0.29, 0.717) is 10.7 Å². The third kappa shape index (κ3) is 1.61. The predicted molar refractivity (Wildman–Crippen MR) is 53.3 cm³/mol. The van der Waals surface area contributed by atoms with Crippen molar-refractivity contribution in [3.8, 4) is 11.8 Å². The molecule has 0 unspecified atom stereocenters. The summed E-state index contributed by atoms with van der Waals surface area (Å²) in [4.78, 5) is 0.